The van der Waals surface area contributed by atoms with Crippen molar-refractivity contribution in [1.29, 1.82) is 0 Å². The van der Waals surface area contributed by atoms with Crippen LogP contribution in [0.2, 0.25) is 10.0 Å². The summed E-state index contributed by atoms with van der Waals surface area (Å²) in [5, 5.41) is 13.1. The molecule has 2 nitrogen and oxygen atoms in total. The van der Waals surface area contributed by atoms with E-state index in [1.165, 1.54) is 11.3 Å². The normalized spacial score (nSPS) is 11.5. The summed E-state index contributed by atoms with van der Waals surface area (Å²) < 4.78 is 0. The third-order valence-corrected chi connectivity index (χ3v) is 4.37. The zero-order valence-corrected chi connectivity index (χ0v) is 12.5. The molecule has 0 aliphatic carbocycles. The summed E-state index contributed by atoms with van der Waals surface area (Å²) in [6.07, 6.45) is 1.70. The van der Waals surface area contributed by atoms with Gasteiger partial charge in [-0.3, -0.25) is 4.99 Å². The Labute approximate surface area is 129 Å². The molecule has 0 amide bonds. The van der Waals surface area contributed by atoms with Crippen LogP contribution in [0.1, 0.15) is 4.88 Å². The van der Waals surface area contributed by atoms with Gasteiger partial charge in [0, 0.05) is 22.0 Å². The number of benzene rings is 2. The molecule has 1 aromatic heterocycles. The lowest BCUT2D eigenvalue weighted by atomic mass is 10.2. The Morgan fingerprint density at radius 3 is 2.60 bits per heavy atom. The number of hydrogen-bond acceptors (Lipinski definition) is 3. The molecule has 100 valence electrons. The standard InChI is InChI=1S/C15H9Cl2NOS/c16-9-5-6-12(17)13(7-9)18-8-14-10-3-1-2-4-11(10)15(19)20-14/h1-8,19H. The van der Waals surface area contributed by atoms with Crippen LogP contribution in [0.4, 0.5) is 5.69 Å². The predicted molar refractivity (Wildman–Crippen MR) is 87.2 cm³/mol. The van der Waals surface area contributed by atoms with Crippen LogP contribution in [-0.2, 0) is 0 Å². The van der Waals surface area contributed by atoms with E-state index in [4.69, 9.17) is 23.2 Å². The molecule has 0 spiro atoms. The lowest BCUT2D eigenvalue weighted by Crippen LogP contribution is -1.76. The maximum Gasteiger partial charge on any atom is 0.179 e. The van der Waals surface area contributed by atoms with Crippen molar-refractivity contribution in [3.05, 3.63) is 57.4 Å². The van der Waals surface area contributed by atoms with E-state index in [1.54, 1.807) is 24.4 Å². The average Bonchev–Trinajstić information content (AvgIpc) is 2.77. The van der Waals surface area contributed by atoms with Gasteiger partial charge in [0.05, 0.1) is 15.6 Å². The Bertz CT molecular complexity index is 811. The number of hydrogen-bond donors (Lipinski definition) is 1. The first-order valence-corrected chi connectivity index (χ1v) is 7.42. The number of aromatic hydroxyl groups is 1. The zero-order chi connectivity index (χ0) is 14.1. The molecule has 5 heteroatoms. The Morgan fingerprint density at radius 1 is 1.05 bits per heavy atom. The second-order valence-electron chi connectivity index (χ2n) is 4.17. The molecule has 3 rings (SSSR count). The van der Waals surface area contributed by atoms with Crippen molar-refractivity contribution in [2.24, 2.45) is 4.99 Å². The minimum absolute atomic E-state index is 0.291. The van der Waals surface area contributed by atoms with Gasteiger partial charge in [0.2, 0.25) is 0 Å². The summed E-state index contributed by atoms with van der Waals surface area (Å²) >= 11 is 13.3. The van der Waals surface area contributed by atoms with Crippen LogP contribution in [0.25, 0.3) is 10.8 Å². The lowest BCUT2D eigenvalue weighted by molar-refractivity contribution is 0.496. The molecule has 0 fully saturated rings. The topological polar surface area (TPSA) is 32.6 Å². The third kappa shape index (κ3) is 2.52. The minimum atomic E-state index is 0.291. The smallest absolute Gasteiger partial charge is 0.179 e. The van der Waals surface area contributed by atoms with Gasteiger partial charge in [-0.1, -0.05) is 52.7 Å². The Balaban J connectivity index is 2.05. The molecular formula is C15H9Cl2NOS. The predicted octanol–water partition coefficient (Wildman–Crippen LogP) is 5.66. The van der Waals surface area contributed by atoms with Crippen molar-refractivity contribution in [3.63, 3.8) is 0 Å². The highest BCUT2D eigenvalue weighted by Crippen LogP contribution is 2.36. The van der Waals surface area contributed by atoms with Crippen molar-refractivity contribution in [3.8, 4) is 5.06 Å². The molecule has 0 unspecified atom stereocenters. The van der Waals surface area contributed by atoms with Crippen LogP contribution in [-0.4, -0.2) is 11.3 Å². The number of rotatable bonds is 2. The molecule has 0 bridgehead atoms. The molecule has 0 saturated heterocycles. The van der Waals surface area contributed by atoms with Gasteiger partial charge in [-0.05, 0) is 24.3 Å². The Hall–Kier alpha value is -1.55. The van der Waals surface area contributed by atoms with Crippen LogP contribution < -0.4 is 0 Å². The van der Waals surface area contributed by atoms with Crippen LogP contribution in [0.3, 0.4) is 0 Å². The van der Waals surface area contributed by atoms with E-state index in [1.807, 2.05) is 24.3 Å². The third-order valence-electron chi connectivity index (χ3n) is 2.86. The summed E-state index contributed by atoms with van der Waals surface area (Å²) in [6.45, 7) is 0. The van der Waals surface area contributed by atoms with Gasteiger partial charge in [0.15, 0.2) is 5.06 Å². The number of thiophene rings is 1. The number of aliphatic imine (C=N–C) groups is 1. The molecular weight excluding hydrogens is 313 g/mol. The molecule has 1 heterocycles. The number of halogens is 2. The molecule has 0 aliphatic rings. The summed E-state index contributed by atoms with van der Waals surface area (Å²) in [4.78, 5) is 5.24. The van der Waals surface area contributed by atoms with E-state index in [2.05, 4.69) is 4.99 Å². The number of nitrogens with zero attached hydrogens (tertiary/aromatic N) is 1. The van der Waals surface area contributed by atoms with Crippen molar-refractivity contribution in [2.45, 2.75) is 0 Å². The van der Waals surface area contributed by atoms with Crippen molar-refractivity contribution < 1.29 is 5.11 Å². The molecule has 2 aromatic carbocycles. The van der Waals surface area contributed by atoms with E-state index < -0.39 is 0 Å². The van der Waals surface area contributed by atoms with E-state index in [9.17, 15) is 5.11 Å². The first-order valence-electron chi connectivity index (χ1n) is 5.85. The highest BCUT2D eigenvalue weighted by Gasteiger charge is 2.08. The highest BCUT2D eigenvalue weighted by molar-refractivity contribution is 7.17. The minimum Gasteiger partial charge on any atom is -0.499 e. The monoisotopic (exact) mass is 321 g/mol. The highest BCUT2D eigenvalue weighted by atomic mass is 35.5. The van der Waals surface area contributed by atoms with Crippen LogP contribution >= 0.6 is 34.5 Å². The van der Waals surface area contributed by atoms with E-state index in [0.717, 1.165) is 15.6 Å². The van der Waals surface area contributed by atoms with Crippen LogP contribution in [0, 0.1) is 0 Å². The SMILES string of the molecule is Oc1sc(C=Nc2cc(Cl)ccc2Cl)c2ccccc12. The van der Waals surface area contributed by atoms with Crippen molar-refractivity contribution >= 4 is 57.2 Å². The van der Waals surface area contributed by atoms with Gasteiger partial charge >= 0.3 is 0 Å². The molecule has 0 aliphatic heterocycles. The van der Waals surface area contributed by atoms with Gasteiger partial charge in [-0.25, -0.2) is 0 Å². The fourth-order valence-electron chi connectivity index (χ4n) is 1.91. The largest absolute Gasteiger partial charge is 0.499 e. The van der Waals surface area contributed by atoms with E-state index in [0.29, 0.717) is 20.8 Å². The molecule has 0 radical (unpaired) electrons. The summed E-state index contributed by atoms with van der Waals surface area (Å²) in [6, 6.07) is 12.8. The Kier molecular flexibility index (Phi) is 3.66. The second-order valence-corrected chi connectivity index (χ2v) is 6.05. The molecule has 20 heavy (non-hydrogen) atoms. The summed E-state index contributed by atoms with van der Waals surface area (Å²) in [7, 11) is 0. The van der Waals surface area contributed by atoms with E-state index in [-0.39, 0.29) is 0 Å². The Morgan fingerprint density at radius 2 is 1.80 bits per heavy atom. The summed E-state index contributed by atoms with van der Waals surface area (Å²) in [5.41, 5.74) is 0.608. The summed E-state index contributed by atoms with van der Waals surface area (Å²) in [5.74, 6) is 0. The molecule has 1 N–H and O–H groups in total. The second kappa shape index (κ2) is 5.44. The first-order chi connectivity index (χ1) is 9.65. The molecule has 0 atom stereocenters. The maximum atomic E-state index is 9.90. The van der Waals surface area contributed by atoms with Crippen molar-refractivity contribution in [2.75, 3.05) is 0 Å². The van der Waals surface area contributed by atoms with Gasteiger partial charge in [-0.15, -0.1) is 0 Å². The molecule has 3 aromatic rings. The van der Waals surface area contributed by atoms with Crippen LogP contribution in [0.15, 0.2) is 47.5 Å². The molecule has 0 saturated carbocycles. The maximum absolute atomic E-state index is 9.90. The number of fused-ring (bicyclic) bond motifs is 1. The quantitative estimate of drug-likeness (QED) is 0.606. The average molecular weight is 322 g/mol. The fraction of sp³-hybridized carbons (Fsp3) is 0. The van der Waals surface area contributed by atoms with Gasteiger partial charge in [0.25, 0.3) is 0 Å². The van der Waals surface area contributed by atoms with Gasteiger partial charge in [0.1, 0.15) is 0 Å². The van der Waals surface area contributed by atoms with E-state index >= 15 is 0 Å². The van der Waals surface area contributed by atoms with Gasteiger partial charge in [-0.2, -0.15) is 0 Å². The fourth-order valence-corrected chi connectivity index (χ4v) is 3.13. The first kappa shape index (κ1) is 13.4. The zero-order valence-electron chi connectivity index (χ0n) is 10.2. The lowest BCUT2D eigenvalue weighted by Gasteiger charge is -1.98. The van der Waals surface area contributed by atoms with Crippen LogP contribution in [0.5, 0.6) is 5.06 Å². The van der Waals surface area contributed by atoms with Gasteiger partial charge < -0.3 is 5.11 Å². The van der Waals surface area contributed by atoms with Crippen molar-refractivity contribution in [1.82, 2.24) is 0 Å².